The minimum Gasteiger partial charge on any atom is -0.480 e. The van der Waals surface area contributed by atoms with E-state index in [0.29, 0.717) is 6.42 Å². The Hall–Kier alpha value is -1.84. The van der Waals surface area contributed by atoms with Crippen molar-refractivity contribution in [1.29, 1.82) is 0 Å². The van der Waals surface area contributed by atoms with E-state index >= 15 is 0 Å². The second kappa shape index (κ2) is 7.68. The molecule has 110 valence electrons. The van der Waals surface area contributed by atoms with Gasteiger partial charge in [-0.2, -0.15) is 0 Å². The predicted molar refractivity (Wildman–Crippen MR) is 78.6 cm³/mol. The van der Waals surface area contributed by atoms with E-state index in [1.807, 2.05) is 0 Å². The highest BCUT2D eigenvalue weighted by molar-refractivity contribution is 5.83. The highest BCUT2D eigenvalue weighted by Crippen LogP contribution is 2.10. The van der Waals surface area contributed by atoms with Gasteiger partial charge in [-0.05, 0) is 38.7 Å². The average molecular weight is 277 g/mol. The first-order valence-corrected chi connectivity index (χ1v) is 6.96. The molecule has 4 nitrogen and oxygen atoms in total. The number of unbranched alkanes of at least 4 members (excludes halogenated alkanes) is 1. The van der Waals surface area contributed by atoms with E-state index in [1.54, 1.807) is 7.05 Å². The van der Waals surface area contributed by atoms with Gasteiger partial charge in [-0.25, -0.2) is 4.79 Å². The van der Waals surface area contributed by atoms with Crippen molar-refractivity contribution in [1.82, 2.24) is 4.90 Å². The highest BCUT2D eigenvalue weighted by atomic mass is 16.4. The maximum Gasteiger partial charge on any atom is 0.326 e. The Balaban J connectivity index is 2.28. The van der Waals surface area contributed by atoms with Crippen LogP contribution in [0.3, 0.4) is 0 Å². The smallest absolute Gasteiger partial charge is 0.326 e. The molecule has 0 aliphatic rings. The van der Waals surface area contributed by atoms with Crippen LogP contribution in [0.15, 0.2) is 24.3 Å². The molecule has 0 spiro atoms. The number of aliphatic carboxylic acids is 1. The molecule has 0 fully saturated rings. The largest absolute Gasteiger partial charge is 0.480 e. The Kier molecular flexibility index (Phi) is 6.22. The third-order valence-electron chi connectivity index (χ3n) is 3.56. The number of likely N-dealkylation sites (N-methyl/N-ethyl adjacent to an activating group) is 1. The molecule has 1 unspecified atom stereocenters. The van der Waals surface area contributed by atoms with E-state index in [2.05, 4.69) is 31.2 Å². The van der Waals surface area contributed by atoms with Crippen LogP contribution in [-0.2, 0) is 16.0 Å². The molecule has 4 heteroatoms. The third-order valence-corrected chi connectivity index (χ3v) is 3.56. The predicted octanol–water partition coefficient (Wildman–Crippen LogP) is 2.64. The molecule has 0 saturated carbocycles. The summed E-state index contributed by atoms with van der Waals surface area (Å²) in [6, 6.07) is 7.62. The van der Waals surface area contributed by atoms with Crippen LogP contribution in [0.2, 0.25) is 0 Å². The van der Waals surface area contributed by atoms with Crippen LogP contribution >= 0.6 is 0 Å². The number of carbonyl (C=O) groups is 2. The number of amides is 1. The van der Waals surface area contributed by atoms with E-state index in [9.17, 15) is 9.59 Å². The molecule has 0 aliphatic carbocycles. The summed E-state index contributed by atoms with van der Waals surface area (Å²) in [5, 5.41) is 8.85. The summed E-state index contributed by atoms with van der Waals surface area (Å²) in [5.74, 6) is -1.08. The zero-order chi connectivity index (χ0) is 15.1. The van der Waals surface area contributed by atoms with Crippen LogP contribution in [-0.4, -0.2) is 35.0 Å². The summed E-state index contributed by atoms with van der Waals surface area (Å²) in [7, 11) is 1.54. The molecule has 0 saturated heterocycles. The fraction of sp³-hybridized carbons (Fsp3) is 0.500. The first kappa shape index (κ1) is 16.2. The van der Waals surface area contributed by atoms with Gasteiger partial charge in [0.25, 0.3) is 0 Å². The molecular formula is C16H23NO3. The second-order valence-corrected chi connectivity index (χ2v) is 5.21. The lowest BCUT2D eigenvalue weighted by atomic mass is 10.1. The Morgan fingerprint density at radius 2 is 1.80 bits per heavy atom. The standard InChI is InChI=1S/C16H23NO3/c1-12-8-10-14(11-9-12)6-4-5-7-15(18)17(3)13(2)16(19)20/h8-11,13H,4-7H2,1-3H3,(H,19,20). The molecule has 0 aromatic heterocycles. The minimum absolute atomic E-state index is 0.108. The van der Waals surface area contributed by atoms with Gasteiger partial charge in [0, 0.05) is 13.5 Å². The van der Waals surface area contributed by atoms with Gasteiger partial charge in [0.1, 0.15) is 6.04 Å². The Labute approximate surface area is 120 Å². The number of aryl methyl sites for hydroxylation is 2. The zero-order valence-electron chi connectivity index (χ0n) is 12.4. The molecule has 1 aromatic rings. The maximum absolute atomic E-state index is 11.8. The van der Waals surface area contributed by atoms with Crippen molar-refractivity contribution in [2.24, 2.45) is 0 Å². The lowest BCUT2D eigenvalue weighted by Gasteiger charge is -2.21. The quantitative estimate of drug-likeness (QED) is 0.779. The van der Waals surface area contributed by atoms with Crippen molar-refractivity contribution in [3.63, 3.8) is 0 Å². The molecule has 0 radical (unpaired) electrons. The number of hydrogen-bond acceptors (Lipinski definition) is 2. The van der Waals surface area contributed by atoms with Gasteiger partial charge in [0.2, 0.25) is 5.91 Å². The highest BCUT2D eigenvalue weighted by Gasteiger charge is 2.20. The summed E-state index contributed by atoms with van der Waals surface area (Å²) in [6.45, 7) is 3.58. The van der Waals surface area contributed by atoms with Gasteiger partial charge in [-0.3, -0.25) is 4.79 Å². The normalized spacial score (nSPS) is 11.9. The maximum atomic E-state index is 11.8. The van der Waals surface area contributed by atoms with Crippen molar-refractivity contribution in [2.75, 3.05) is 7.05 Å². The molecule has 1 aromatic carbocycles. The molecule has 1 amide bonds. The van der Waals surface area contributed by atoms with Gasteiger partial charge in [-0.1, -0.05) is 29.8 Å². The molecule has 1 N–H and O–H groups in total. The summed E-state index contributed by atoms with van der Waals surface area (Å²) in [6.07, 6.45) is 3.07. The molecule has 20 heavy (non-hydrogen) atoms. The Bertz CT molecular complexity index is 453. The van der Waals surface area contributed by atoms with Crippen LogP contribution in [0.1, 0.15) is 37.3 Å². The van der Waals surface area contributed by atoms with Crippen molar-refractivity contribution in [3.8, 4) is 0 Å². The molecule has 0 heterocycles. The lowest BCUT2D eigenvalue weighted by Crippen LogP contribution is -2.40. The molecule has 1 atom stereocenters. The molecule has 0 aliphatic heterocycles. The number of nitrogens with zero attached hydrogens (tertiary/aromatic N) is 1. The van der Waals surface area contributed by atoms with Crippen molar-refractivity contribution < 1.29 is 14.7 Å². The SMILES string of the molecule is Cc1ccc(CCCCC(=O)N(C)C(C)C(=O)O)cc1. The van der Waals surface area contributed by atoms with Crippen LogP contribution in [0.25, 0.3) is 0 Å². The van der Waals surface area contributed by atoms with E-state index < -0.39 is 12.0 Å². The number of rotatable bonds is 7. The second-order valence-electron chi connectivity index (χ2n) is 5.21. The molecule has 0 bridgehead atoms. The van der Waals surface area contributed by atoms with Crippen LogP contribution in [0, 0.1) is 6.92 Å². The number of hydrogen-bond donors (Lipinski definition) is 1. The summed E-state index contributed by atoms with van der Waals surface area (Å²) in [4.78, 5) is 23.9. The van der Waals surface area contributed by atoms with Gasteiger partial charge >= 0.3 is 5.97 Å². The number of carboxylic acids is 1. The molecule has 1 rings (SSSR count). The van der Waals surface area contributed by atoms with E-state index in [1.165, 1.54) is 23.0 Å². The summed E-state index contributed by atoms with van der Waals surface area (Å²) in [5.41, 5.74) is 2.52. The first-order chi connectivity index (χ1) is 9.41. The summed E-state index contributed by atoms with van der Waals surface area (Å²) >= 11 is 0. The Morgan fingerprint density at radius 3 is 2.35 bits per heavy atom. The van der Waals surface area contributed by atoms with Gasteiger partial charge in [0.15, 0.2) is 0 Å². The van der Waals surface area contributed by atoms with E-state index in [4.69, 9.17) is 5.11 Å². The van der Waals surface area contributed by atoms with Crippen LogP contribution in [0.4, 0.5) is 0 Å². The van der Waals surface area contributed by atoms with Gasteiger partial charge < -0.3 is 10.0 Å². The number of carboxylic acid groups (broad SMARTS) is 1. The van der Waals surface area contributed by atoms with Crippen molar-refractivity contribution in [2.45, 2.75) is 45.6 Å². The fourth-order valence-corrected chi connectivity index (χ4v) is 1.92. The average Bonchev–Trinajstić information content (AvgIpc) is 2.43. The van der Waals surface area contributed by atoms with Gasteiger partial charge in [-0.15, -0.1) is 0 Å². The fourth-order valence-electron chi connectivity index (χ4n) is 1.92. The molecular weight excluding hydrogens is 254 g/mol. The third kappa shape index (κ3) is 5.03. The van der Waals surface area contributed by atoms with Gasteiger partial charge in [0.05, 0.1) is 0 Å². The minimum atomic E-state index is -0.972. The first-order valence-electron chi connectivity index (χ1n) is 6.96. The zero-order valence-corrected chi connectivity index (χ0v) is 12.4. The Morgan fingerprint density at radius 1 is 1.20 bits per heavy atom. The van der Waals surface area contributed by atoms with Crippen molar-refractivity contribution in [3.05, 3.63) is 35.4 Å². The van der Waals surface area contributed by atoms with E-state index in [0.717, 1.165) is 19.3 Å². The van der Waals surface area contributed by atoms with Crippen LogP contribution in [0.5, 0.6) is 0 Å². The lowest BCUT2D eigenvalue weighted by molar-refractivity contribution is -0.148. The number of benzene rings is 1. The number of carbonyl (C=O) groups excluding carboxylic acids is 1. The monoisotopic (exact) mass is 277 g/mol. The summed E-state index contributed by atoms with van der Waals surface area (Å²) < 4.78 is 0. The topological polar surface area (TPSA) is 57.6 Å². The van der Waals surface area contributed by atoms with Crippen molar-refractivity contribution >= 4 is 11.9 Å². The van der Waals surface area contributed by atoms with Crippen LogP contribution < -0.4 is 0 Å². The van der Waals surface area contributed by atoms with E-state index in [-0.39, 0.29) is 5.91 Å².